The molecule has 1 aliphatic carbocycles. The molecule has 76 valence electrons. The molecule has 0 aliphatic heterocycles. The van der Waals surface area contributed by atoms with Crippen LogP contribution in [0.2, 0.25) is 0 Å². The van der Waals surface area contributed by atoms with Crippen LogP contribution in [0.4, 0.5) is 5.69 Å². The molecule has 1 N–H and O–H groups in total. The molecule has 2 nitrogen and oxygen atoms in total. The molecule has 0 bridgehead atoms. The van der Waals surface area contributed by atoms with Crippen LogP contribution in [0.3, 0.4) is 0 Å². The quantitative estimate of drug-likeness (QED) is 0.793. The van der Waals surface area contributed by atoms with Crippen LogP contribution in [0, 0.1) is 6.92 Å². The Morgan fingerprint density at radius 1 is 1.29 bits per heavy atom. The molecule has 0 saturated heterocycles. The van der Waals surface area contributed by atoms with Crippen molar-refractivity contribution in [3.63, 3.8) is 0 Å². The lowest BCUT2D eigenvalue weighted by Gasteiger charge is -2.35. The fraction of sp³-hybridized carbons (Fsp3) is 0.500. The second kappa shape index (κ2) is 4.01. The third-order valence-electron chi connectivity index (χ3n) is 2.93. The van der Waals surface area contributed by atoms with Crippen LogP contribution in [0.5, 0.6) is 0 Å². The minimum atomic E-state index is 0.469. The van der Waals surface area contributed by atoms with Gasteiger partial charge in [0.15, 0.2) is 0 Å². The summed E-state index contributed by atoms with van der Waals surface area (Å²) in [5.41, 5.74) is 2.57. The smallest absolute Gasteiger partial charge is 0.0610 e. The highest BCUT2D eigenvalue weighted by molar-refractivity contribution is 5.51. The average molecular weight is 191 g/mol. The zero-order chi connectivity index (χ0) is 9.97. The summed E-state index contributed by atoms with van der Waals surface area (Å²) >= 11 is 0. The van der Waals surface area contributed by atoms with Gasteiger partial charge in [-0.25, -0.2) is 0 Å². The predicted molar refractivity (Wildman–Crippen MR) is 58.6 cm³/mol. The van der Waals surface area contributed by atoms with Crippen LogP contribution < -0.4 is 5.32 Å². The Bertz CT molecular complexity index is 305. The van der Waals surface area contributed by atoms with E-state index in [4.69, 9.17) is 4.74 Å². The number of para-hydroxylation sites is 1. The maximum atomic E-state index is 5.24. The minimum Gasteiger partial charge on any atom is -0.382 e. The number of rotatable bonds is 3. The lowest BCUT2D eigenvalue weighted by Crippen LogP contribution is -2.40. The fourth-order valence-corrected chi connectivity index (χ4v) is 1.83. The molecule has 14 heavy (non-hydrogen) atoms. The highest BCUT2D eigenvalue weighted by atomic mass is 16.5. The number of benzene rings is 1. The van der Waals surface area contributed by atoms with Crippen molar-refractivity contribution >= 4 is 5.69 Å². The summed E-state index contributed by atoms with van der Waals surface area (Å²) in [7, 11) is 1.79. The van der Waals surface area contributed by atoms with Crippen LogP contribution in [0.25, 0.3) is 0 Å². The van der Waals surface area contributed by atoms with E-state index >= 15 is 0 Å². The summed E-state index contributed by atoms with van der Waals surface area (Å²) in [4.78, 5) is 0. The Morgan fingerprint density at radius 3 is 2.64 bits per heavy atom. The molecule has 0 radical (unpaired) electrons. The van der Waals surface area contributed by atoms with E-state index in [0.29, 0.717) is 12.1 Å². The molecule has 0 aromatic heterocycles. The summed E-state index contributed by atoms with van der Waals surface area (Å²) in [6.07, 6.45) is 2.73. The maximum Gasteiger partial charge on any atom is 0.0610 e. The van der Waals surface area contributed by atoms with Crippen molar-refractivity contribution in [1.29, 1.82) is 0 Å². The SMILES string of the molecule is COC1CC(Nc2ccccc2C)C1. The van der Waals surface area contributed by atoms with Crippen molar-refractivity contribution in [3.8, 4) is 0 Å². The fourth-order valence-electron chi connectivity index (χ4n) is 1.83. The molecule has 1 fully saturated rings. The number of ether oxygens (including phenoxy) is 1. The Kier molecular flexibility index (Phi) is 2.73. The van der Waals surface area contributed by atoms with Gasteiger partial charge in [0.25, 0.3) is 0 Å². The Morgan fingerprint density at radius 2 is 2.00 bits per heavy atom. The van der Waals surface area contributed by atoms with E-state index in [0.717, 1.165) is 12.8 Å². The summed E-state index contributed by atoms with van der Waals surface area (Å²) < 4.78 is 5.24. The largest absolute Gasteiger partial charge is 0.382 e. The lowest BCUT2D eigenvalue weighted by atomic mass is 9.89. The molecular formula is C12H17NO. The van der Waals surface area contributed by atoms with Gasteiger partial charge in [-0.2, -0.15) is 0 Å². The Hall–Kier alpha value is -1.02. The van der Waals surface area contributed by atoms with E-state index < -0.39 is 0 Å². The first-order chi connectivity index (χ1) is 6.79. The highest BCUT2D eigenvalue weighted by Crippen LogP contribution is 2.27. The number of hydrogen-bond donors (Lipinski definition) is 1. The second-order valence-corrected chi connectivity index (χ2v) is 3.99. The molecular weight excluding hydrogens is 174 g/mol. The first kappa shape index (κ1) is 9.53. The predicted octanol–water partition coefficient (Wildman–Crippen LogP) is 2.58. The van der Waals surface area contributed by atoms with Gasteiger partial charge in [-0.1, -0.05) is 18.2 Å². The summed E-state index contributed by atoms with van der Waals surface area (Å²) in [5.74, 6) is 0. The third-order valence-corrected chi connectivity index (χ3v) is 2.93. The summed E-state index contributed by atoms with van der Waals surface area (Å²) in [6, 6.07) is 9.01. The van der Waals surface area contributed by atoms with Crippen LogP contribution in [0.1, 0.15) is 18.4 Å². The van der Waals surface area contributed by atoms with E-state index in [9.17, 15) is 0 Å². The maximum absolute atomic E-state index is 5.24. The average Bonchev–Trinajstić information content (AvgIpc) is 2.13. The molecule has 0 spiro atoms. The van der Waals surface area contributed by atoms with E-state index in [1.807, 2.05) is 0 Å². The number of nitrogens with one attached hydrogen (secondary N) is 1. The summed E-state index contributed by atoms with van der Waals surface area (Å²) in [5, 5.41) is 3.53. The summed E-state index contributed by atoms with van der Waals surface area (Å²) in [6.45, 7) is 2.13. The molecule has 1 aromatic carbocycles. The zero-order valence-electron chi connectivity index (χ0n) is 8.79. The van der Waals surface area contributed by atoms with Crippen molar-refractivity contribution in [2.24, 2.45) is 0 Å². The molecule has 2 heteroatoms. The van der Waals surface area contributed by atoms with Gasteiger partial charge in [0, 0.05) is 18.8 Å². The lowest BCUT2D eigenvalue weighted by molar-refractivity contribution is 0.0328. The Balaban J connectivity index is 1.90. The first-order valence-electron chi connectivity index (χ1n) is 5.14. The van der Waals surface area contributed by atoms with Crippen LogP contribution in [-0.2, 0) is 4.74 Å². The van der Waals surface area contributed by atoms with E-state index in [1.165, 1.54) is 11.3 Å². The first-order valence-corrected chi connectivity index (χ1v) is 5.14. The normalized spacial score (nSPS) is 25.6. The van der Waals surface area contributed by atoms with Gasteiger partial charge in [0.1, 0.15) is 0 Å². The number of anilines is 1. The van der Waals surface area contributed by atoms with Gasteiger partial charge < -0.3 is 10.1 Å². The number of hydrogen-bond acceptors (Lipinski definition) is 2. The Labute approximate surface area is 85.3 Å². The van der Waals surface area contributed by atoms with Crippen molar-refractivity contribution in [3.05, 3.63) is 29.8 Å². The monoisotopic (exact) mass is 191 g/mol. The van der Waals surface area contributed by atoms with Crippen molar-refractivity contribution in [2.45, 2.75) is 31.9 Å². The topological polar surface area (TPSA) is 21.3 Å². The van der Waals surface area contributed by atoms with Crippen molar-refractivity contribution in [1.82, 2.24) is 0 Å². The highest BCUT2D eigenvalue weighted by Gasteiger charge is 2.28. The number of aryl methyl sites for hydroxylation is 1. The molecule has 0 amide bonds. The van der Waals surface area contributed by atoms with Gasteiger partial charge >= 0.3 is 0 Å². The molecule has 1 aromatic rings. The third kappa shape index (κ3) is 1.90. The van der Waals surface area contributed by atoms with Gasteiger partial charge in [-0.05, 0) is 31.4 Å². The van der Waals surface area contributed by atoms with Crippen LogP contribution in [0.15, 0.2) is 24.3 Å². The van der Waals surface area contributed by atoms with Crippen molar-refractivity contribution in [2.75, 3.05) is 12.4 Å². The van der Waals surface area contributed by atoms with Gasteiger partial charge in [-0.3, -0.25) is 0 Å². The minimum absolute atomic E-state index is 0.469. The van der Waals surface area contributed by atoms with Gasteiger partial charge in [0.05, 0.1) is 6.10 Å². The molecule has 2 rings (SSSR count). The number of methoxy groups -OCH3 is 1. The second-order valence-electron chi connectivity index (χ2n) is 3.99. The van der Waals surface area contributed by atoms with Gasteiger partial charge in [-0.15, -0.1) is 0 Å². The van der Waals surface area contributed by atoms with Crippen LogP contribution in [-0.4, -0.2) is 19.3 Å². The molecule has 0 atom stereocenters. The molecule has 1 aliphatic rings. The molecule has 0 unspecified atom stereocenters. The van der Waals surface area contributed by atoms with E-state index in [2.05, 4.69) is 36.5 Å². The molecule has 0 heterocycles. The standard InChI is InChI=1S/C12H17NO/c1-9-5-3-4-6-12(9)13-10-7-11(8-10)14-2/h3-6,10-11,13H,7-8H2,1-2H3. The molecule has 1 saturated carbocycles. The van der Waals surface area contributed by atoms with E-state index in [-0.39, 0.29) is 0 Å². The zero-order valence-corrected chi connectivity index (χ0v) is 8.79. The van der Waals surface area contributed by atoms with Crippen LogP contribution >= 0.6 is 0 Å². The van der Waals surface area contributed by atoms with Gasteiger partial charge in [0.2, 0.25) is 0 Å². The van der Waals surface area contributed by atoms with E-state index in [1.54, 1.807) is 7.11 Å². The van der Waals surface area contributed by atoms with Crippen molar-refractivity contribution < 1.29 is 4.74 Å².